The van der Waals surface area contributed by atoms with Crippen LogP contribution in [0.3, 0.4) is 0 Å². The summed E-state index contributed by atoms with van der Waals surface area (Å²) in [7, 11) is -2.43. The molecular formula is C22H30O2Si. The van der Waals surface area contributed by atoms with E-state index in [-0.39, 0.29) is 11.6 Å². The molecule has 0 saturated heterocycles. The van der Waals surface area contributed by atoms with Gasteiger partial charge in [0.15, 0.2) is 0 Å². The minimum Gasteiger partial charge on any atom is -0.407 e. The van der Waals surface area contributed by atoms with Crippen LogP contribution in [0.5, 0.6) is 0 Å². The van der Waals surface area contributed by atoms with Crippen molar-refractivity contribution in [2.24, 2.45) is 17.8 Å². The number of aliphatic hydroxyl groups excluding tert-OH is 1. The van der Waals surface area contributed by atoms with Gasteiger partial charge in [0.05, 0.1) is 0 Å². The summed E-state index contributed by atoms with van der Waals surface area (Å²) in [6.45, 7) is 10.1. The summed E-state index contributed by atoms with van der Waals surface area (Å²) < 4.78 is 6.92. The van der Waals surface area contributed by atoms with Crippen LogP contribution in [-0.4, -0.2) is 26.6 Å². The highest BCUT2D eigenvalue weighted by molar-refractivity contribution is 6.99. The van der Waals surface area contributed by atoms with Crippen LogP contribution in [0.4, 0.5) is 0 Å². The van der Waals surface area contributed by atoms with Crippen LogP contribution in [-0.2, 0) is 4.43 Å². The van der Waals surface area contributed by atoms with E-state index >= 15 is 0 Å². The van der Waals surface area contributed by atoms with Crippen molar-refractivity contribution < 1.29 is 9.53 Å². The van der Waals surface area contributed by atoms with E-state index in [0.717, 1.165) is 6.61 Å². The second-order valence-corrected chi connectivity index (χ2v) is 12.6. The lowest BCUT2D eigenvalue weighted by Crippen LogP contribution is -2.66. The fraction of sp³-hybridized carbons (Fsp3) is 0.455. The molecule has 3 rings (SSSR count). The molecule has 0 aromatic heterocycles. The topological polar surface area (TPSA) is 29.5 Å². The van der Waals surface area contributed by atoms with Crippen molar-refractivity contribution in [2.45, 2.75) is 32.7 Å². The van der Waals surface area contributed by atoms with Crippen LogP contribution >= 0.6 is 0 Å². The van der Waals surface area contributed by atoms with Crippen molar-refractivity contribution in [3.63, 3.8) is 0 Å². The molecule has 134 valence electrons. The molecular weight excluding hydrogens is 324 g/mol. The van der Waals surface area contributed by atoms with Crippen LogP contribution in [0, 0.1) is 17.8 Å². The lowest BCUT2D eigenvalue weighted by molar-refractivity contribution is 0.236. The smallest absolute Gasteiger partial charge is 0.261 e. The average Bonchev–Trinajstić information content (AvgIpc) is 3.24. The number of hydrogen-bond donors (Lipinski definition) is 1. The molecule has 1 fully saturated rings. The summed E-state index contributed by atoms with van der Waals surface area (Å²) in [4.78, 5) is 0. The van der Waals surface area contributed by atoms with Gasteiger partial charge in [0, 0.05) is 13.2 Å². The van der Waals surface area contributed by atoms with Gasteiger partial charge in [0.25, 0.3) is 8.32 Å². The van der Waals surface area contributed by atoms with Crippen LogP contribution in [0.2, 0.25) is 5.04 Å². The van der Waals surface area contributed by atoms with Gasteiger partial charge in [-0.15, -0.1) is 0 Å². The van der Waals surface area contributed by atoms with Crippen molar-refractivity contribution in [3.8, 4) is 0 Å². The highest BCUT2D eigenvalue weighted by atomic mass is 28.4. The van der Waals surface area contributed by atoms with Gasteiger partial charge < -0.3 is 9.53 Å². The molecule has 3 atom stereocenters. The van der Waals surface area contributed by atoms with E-state index in [1.165, 1.54) is 10.4 Å². The van der Waals surface area contributed by atoms with E-state index in [9.17, 15) is 5.11 Å². The molecule has 3 heteroatoms. The van der Waals surface area contributed by atoms with Crippen molar-refractivity contribution in [1.29, 1.82) is 0 Å². The van der Waals surface area contributed by atoms with Gasteiger partial charge in [0.1, 0.15) is 0 Å². The van der Waals surface area contributed by atoms with Crippen LogP contribution < -0.4 is 10.4 Å². The van der Waals surface area contributed by atoms with Crippen LogP contribution in [0.1, 0.15) is 27.7 Å². The van der Waals surface area contributed by atoms with E-state index in [4.69, 9.17) is 4.43 Å². The maximum Gasteiger partial charge on any atom is 0.261 e. The second-order valence-electron chi connectivity index (χ2n) is 8.34. The van der Waals surface area contributed by atoms with Gasteiger partial charge in [-0.1, -0.05) is 88.4 Å². The van der Waals surface area contributed by atoms with E-state index < -0.39 is 8.32 Å². The van der Waals surface area contributed by atoms with Gasteiger partial charge >= 0.3 is 0 Å². The van der Waals surface area contributed by atoms with E-state index in [2.05, 4.69) is 88.4 Å². The van der Waals surface area contributed by atoms with Gasteiger partial charge in [-0.3, -0.25) is 0 Å². The monoisotopic (exact) mass is 354 g/mol. The molecule has 1 aliphatic rings. The molecule has 0 spiro atoms. The molecule has 0 amide bonds. The lowest BCUT2D eigenvalue weighted by Gasteiger charge is -2.43. The van der Waals surface area contributed by atoms with Crippen molar-refractivity contribution in [3.05, 3.63) is 60.7 Å². The first-order valence-corrected chi connectivity index (χ1v) is 11.2. The molecule has 0 aliphatic heterocycles. The standard InChI is InChI=1S/C22H30O2Si/c1-17-20(15-23)21(17)16-24-25(22(2,3)4,18-11-7-5-8-12-18)19-13-9-6-10-14-19/h5-14,17,20-21,23H,15-16H2,1-4H3/t17-,20-,21-/m0/s1. The number of benzene rings is 2. The Morgan fingerprint density at radius 1 is 0.880 bits per heavy atom. The Hall–Kier alpha value is -1.42. The van der Waals surface area contributed by atoms with Crippen LogP contribution in [0.15, 0.2) is 60.7 Å². The van der Waals surface area contributed by atoms with E-state index in [1.54, 1.807) is 0 Å². The summed E-state index contributed by atoms with van der Waals surface area (Å²) >= 11 is 0. The Bertz CT molecular complexity index is 639. The molecule has 25 heavy (non-hydrogen) atoms. The SMILES string of the molecule is C[C@H]1[C@H](CO)[C@H]1CO[Si](c1ccccc1)(c1ccccc1)C(C)(C)C. The zero-order chi connectivity index (χ0) is 18.1. The zero-order valence-electron chi connectivity index (χ0n) is 15.8. The predicted molar refractivity (Wildman–Crippen MR) is 107 cm³/mol. The molecule has 0 heterocycles. The lowest BCUT2D eigenvalue weighted by atomic mass is 10.2. The molecule has 1 saturated carbocycles. The third-order valence-corrected chi connectivity index (χ3v) is 10.9. The van der Waals surface area contributed by atoms with Gasteiger partial charge in [-0.25, -0.2) is 0 Å². The van der Waals surface area contributed by atoms with Gasteiger partial charge in [-0.05, 0) is 33.2 Å². The van der Waals surface area contributed by atoms with Gasteiger partial charge in [0.2, 0.25) is 0 Å². The first-order chi connectivity index (χ1) is 11.9. The summed E-state index contributed by atoms with van der Waals surface area (Å²) in [5, 5.41) is 12.2. The Balaban J connectivity index is 2.03. The Morgan fingerprint density at radius 2 is 1.36 bits per heavy atom. The number of hydrogen-bond acceptors (Lipinski definition) is 2. The Morgan fingerprint density at radius 3 is 1.72 bits per heavy atom. The Kier molecular flexibility index (Phi) is 5.19. The molecule has 1 aliphatic carbocycles. The summed E-state index contributed by atoms with van der Waals surface area (Å²) in [5.41, 5.74) is 0. The molecule has 0 unspecified atom stereocenters. The predicted octanol–water partition coefficient (Wildman–Crippen LogP) is 3.44. The maximum absolute atomic E-state index is 9.53. The molecule has 0 bridgehead atoms. The summed E-state index contributed by atoms with van der Waals surface area (Å²) in [5.74, 6) is 1.44. The van der Waals surface area contributed by atoms with Crippen molar-refractivity contribution in [2.75, 3.05) is 13.2 Å². The number of rotatable bonds is 6. The minimum atomic E-state index is -2.43. The molecule has 2 nitrogen and oxygen atoms in total. The summed E-state index contributed by atoms with van der Waals surface area (Å²) in [6.07, 6.45) is 0. The minimum absolute atomic E-state index is 0.0164. The van der Waals surface area contributed by atoms with E-state index in [1.807, 2.05) is 0 Å². The molecule has 2 aromatic carbocycles. The molecule has 1 N–H and O–H groups in total. The van der Waals surface area contributed by atoms with Crippen LogP contribution in [0.25, 0.3) is 0 Å². The van der Waals surface area contributed by atoms with Gasteiger partial charge in [-0.2, -0.15) is 0 Å². The second kappa shape index (κ2) is 7.06. The fourth-order valence-electron chi connectivity index (χ4n) is 4.20. The Labute approximate surface area is 153 Å². The first kappa shape index (κ1) is 18.4. The zero-order valence-corrected chi connectivity index (χ0v) is 16.8. The third kappa shape index (κ3) is 3.33. The summed E-state index contributed by atoms with van der Waals surface area (Å²) in [6, 6.07) is 21.5. The molecule has 2 aromatic rings. The average molecular weight is 355 g/mol. The third-order valence-electron chi connectivity index (χ3n) is 5.88. The van der Waals surface area contributed by atoms with Crippen molar-refractivity contribution >= 4 is 18.7 Å². The van der Waals surface area contributed by atoms with E-state index in [0.29, 0.717) is 17.8 Å². The van der Waals surface area contributed by atoms with Crippen molar-refractivity contribution in [1.82, 2.24) is 0 Å². The largest absolute Gasteiger partial charge is 0.407 e. The highest BCUT2D eigenvalue weighted by Crippen LogP contribution is 2.47. The quantitative estimate of drug-likeness (QED) is 0.805. The molecule has 0 radical (unpaired) electrons. The fourth-order valence-corrected chi connectivity index (χ4v) is 8.79. The first-order valence-electron chi connectivity index (χ1n) is 9.27. The number of aliphatic hydroxyl groups is 1. The normalized spacial score (nSPS) is 23.5. The highest BCUT2D eigenvalue weighted by Gasteiger charge is 2.53. The maximum atomic E-state index is 9.53.